The van der Waals surface area contributed by atoms with Gasteiger partial charge in [0.25, 0.3) is 0 Å². The number of hydrogen-bond donors (Lipinski definition) is 2. The molecule has 8 heteroatoms. The summed E-state index contributed by atoms with van der Waals surface area (Å²) < 4.78 is 5.34. The monoisotopic (exact) mass is 398 g/mol. The van der Waals surface area contributed by atoms with E-state index in [1.165, 1.54) is 0 Å². The van der Waals surface area contributed by atoms with Crippen LogP contribution in [-0.4, -0.2) is 41.3 Å². The van der Waals surface area contributed by atoms with Crippen molar-refractivity contribution in [1.29, 1.82) is 0 Å². The molecular formula is C21H22N2O6. The number of nitrogens with one attached hydrogen (secondary N) is 1. The van der Waals surface area contributed by atoms with Crippen molar-refractivity contribution in [2.24, 2.45) is 0 Å². The van der Waals surface area contributed by atoms with Gasteiger partial charge in [-0.05, 0) is 35.1 Å². The van der Waals surface area contributed by atoms with Gasteiger partial charge in [0.2, 0.25) is 6.54 Å². The minimum atomic E-state index is -1.19. The average Bonchev–Trinajstić information content (AvgIpc) is 3.02. The SMILES string of the molecule is O=C(N[C@@H](CCCC[N+](=O)[O-])C(=O)O)OCC1c2ccccc2-c2ccccc21. The van der Waals surface area contributed by atoms with E-state index in [-0.39, 0.29) is 31.9 Å². The van der Waals surface area contributed by atoms with E-state index >= 15 is 0 Å². The number of nitro groups is 1. The van der Waals surface area contributed by atoms with Gasteiger partial charge < -0.3 is 15.2 Å². The summed E-state index contributed by atoms with van der Waals surface area (Å²) in [5.74, 6) is -1.31. The van der Waals surface area contributed by atoms with Crippen LogP contribution in [0.5, 0.6) is 0 Å². The molecule has 0 spiro atoms. The van der Waals surface area contributed by atoms with Crippen LogP contribution in [0.2, 0.25) is 0 Å². The van der Waals surface area contributed by atoms with Crippen LogP contribution in [0.4, 0.5) is 4.79 Å². The Hall–Kier alpha value is -3.42. The fourth-order valence-electron chi connectivity index (χ4n) is 3.63. The maximum absolute atomic E-state index is 12.2. The number of rotatable bonds is 9. The van der Waals surface area contributed by atoms with E-state index in [9.17, 15) is 24.8 Å². The molecule has 0 saturated carbocycles. The van der Waals surface area contributed by atoms with Crippen molar-refractivity contribution in [3.05, 3.63) is 69.8 Å². The van der Waals surface area contributed by atoms with Crippen LogP contribution in [-0.2, 0) is 9.53 Å². The molecule has 0 fully saturated rings. The molecule has 2 aromatic rings. The number of benzene rings is 2. The van der Waals surface area contributed by atoms with Crippen molar-refractivity contribution < 1.29 is 24.4 Å². The summed E-state index contributed by atoms with van der Waals surface area (Å²) in [6.07, 6.45) is -0.133. The Labute approximate surface area is 167 Å². The Morgan fingerprint density at radius 3 is 2.21 bits per heavy atom. The zero-order valence-corrected chi connectivity index (χ0v) is 15.7. The zero-order chi connectivity index (χ0) is 20.8. The van der Waals surface area contributed by atoms with Crippen molar-refractivity contribution in [2.45, 2.75) is 31.2 Å². The molecule has 152 valence electrons. The van der Waals surface area contributed by atoms with Crippen LogP contribution in [0, 0.1) is 10.1 Å². The summed E-state index contributed by atoms with van der Waals surface area (Å²) in [6.45, 7) is -0.134. The molecule has 2 N–H and O–H groups in total. The Balaban J connectivity index is 1.58. The molecule has 1 atom stereocenters. The smallest absolute Gasteiger partial charge is 0.407 e. The van der Waals surface area contributed by atoms with Crippen LogP contribution in [0.15, 0.2) is 48.5 Å². The van der Waals surface area contributed by atoms with Crippen LogP contribution in [0.3, 0.4) is 0 Å². The molecule has 0 bridgehead atoms. The summed E-state index contributed by atoms with van der Waals surface area (Å²) in [4.78, 5) is 33.4. The number of carboxylic acid groups (broad SMARTS) is 1. The molecule has 1 aliphatic rings. The fourth-order valence-corrected chi connectivity index (χ4v) is 3.63. The lowest BCUT2D eigenvalue weighted by Gasteiger charge is -2.17. The molecule has 1 amide bonds. The maximum Gasteiger partial charge on any atom is 0.407 e. The van der Waals surface area contributed by atoms with Crippen molar-refractivity contribution in [3.63, 3.8) is 0 Å². The summed E-state index contributed by atoms with van der Waals surface area (Å²) in [6, 6.07) is 14.7. The molecule has 29 heavy (non-hydrogen) atoms. The molecule has 0 unspecified atom stereocenters. The number of ether oxygens (including phenoxy) is 1. The van der Waals surface area contributed by atoms with Crippen molar-refractivity contribution in [2.75, 3.05) is 13.2 Å². The number of carbonyl (C=O) groups is 2. The number of hydrogen-bond acceptors (Lipinski definition) is 5. The van der Waals surface area contributed by atoms with E-state index in [4.69, 9.17) is 4.74 Å². The number of unbranched alkanes of at least 4 members (excludes halogenated alkanes) is 1. The molecular weight excluding hydrogens is 376 g/mol. The van der Waals surface area contributed by atoms with Crippen LogP contribution >= 0.6 is 0 Å². The zero-order valence-electron chi connectivity index (χ0n) is 15.7. The van der Waals surface area contributed by atoms with Gasteiger partial charge in [-0.15, -0.1) is 0 Å². The summed E-state index contributed by atoms with van der Waals surface area (Å²) in [7, 11) is 0. The van der Waals surface area contributed by atoms with E-state index in [1.807, 2.05) is 48.5 Å². The van der Waals surface area contributed by atoms with Gasteiger partial charge in [0.1, 0.15) is 12.6 Å². The summed E-state index contributed by atoms with van der Waals surface area (Å²) in [5, 5.41) is 22.0. The Bertz CT molecular complexity index is 868. The van der Waals surface area contributed by atoms with E-state index in [0.717, 1.165) is 22.3 Å². The van der Waals surface area contributed by atoms with Crippen molar-refractivity contribution in [3.8, 4) is 11.1 Å². The molecule has 2 aromatic carbocycles. The van der Waals surface area contributed by atoms with Gasteiger partial charge in [0.05, 0.1) is 0 Å². The van der Waals surface area contributed by atoms with Gasteiger partial charge >= 0.3 is 12.1 Å². The lowest BCUT2D eigenvalue weighted by Crippen LogP contribution is -2.41. The average molecular weight is 398 g/mol. The highest BCUT2D eigenvalue weighted by Crippen LogP contribution is 2.44. The van der Waals surface area contributed by atoms with Crippen LogP contribution < -0.4 is 5.32 Å². The number of carbonyl (C=O) groups excluding carboxylic acids is 1. The Morgan fingerprint density at radius 2 is 1.66 bits per heavy atom. The first kappa shape index (κ1) is 20.3. The first-order chi connectivity index (χ1) is 14.0. The number of carboxylic acids is 1. The van der Waals surface area contributed by atoms with E-state index in [2.05, 4.69) is 5.32 Å². The lowest BCUT2D eigenvalue weighted by atomic mass is 9.98. The minimum absolute atomic E-state index is 0.0908. The van der Waals surface area contributed by atoms with Crippen molar-refractivity contribution in [1.82, 2.24) is 5.32 Å². The van der Waals surface area contributed by atoms with E-state index in [1.54, 1.807) is 0 Å². The molecule has 1 aliphatic carbocycles. The molecule has 3 rings (SSSR count). The van der Waals surface area contributed by atoms with Gasteiger partial charge in [-0.25, -0.2) is 9.59 Å². The first-order valence-corrected chi connectivity index (χ1v) is 9.43. The first-order valence-electron chi connectivity index (χ1n) is 9.43. The Kier molecular flexibility index (Phi) is 6.43. The van der Waals surface area contributed by atoms with E-state index < -0.39 is 23.0 Å². The van der Waals surface area contributed by atoms with Gasteiger partial charge in [-0.2, -0.15) is 0 Å². The van der Waals surface area contributed by atoms with Crippen LogP contribution in [0.25, 0.3) is 11.1 Å². The predicted octanol–water partition coefficient (Wildman–Crippen LogP) is 3.43. The van der Waals surface area contributed by atoms with Gasteiger partial charge in [0.15, 0.2) is 0 Å². The van der Waals surface area contributed by atoms with Crippen LogP contribution in [0.1, 0.15) is 36.3 Å². The van der Waals surface area contributed by atoms with Gasteiger partial charge in [-0.1, -0.05) is 48.5 Å². The third-order valence-electron chi connectivity index (χ3n) is 5.02. The third kappa shape index (κ3) is 4.90. The topological polar surface area (TPSA) is 119 Å². The normalized spacial score (nSPS) is 13.2. The minimum Gasteiger partial charge on any atom is -0.480 e. The molecule has 0 saturated heterocycles. The van der Waals surface area contributed by atoms with Gasteiger partial charge in [-0.3, -0.25) is 10.1 Å². The third-order valence-corrected chi connectivity index (χ3v) is 5.02. The fraction of sp³-hybridized carbons (Fsp3) is 0.333. The van der Waals surface area contributed by atoms with E-state index in [0.29, 0.717) is 6.42 Å². The van der Waals surface area contributed by atoms with Gasteiger partial charge in [0, 0.05) is 17.3 Å². The number of alkyl carbamates (subject to hydrolysis) is 1. The second-order valence-electron chi connectivity index (χ2n) is 6.91. The Morgan fingerprint density at radius 1 is 1.07 bits per heavy atom. The standard InChI is InChI=1S/C21H22N2O6/c24-20(25)19(11-5-6-12-23(27)28)22-21(26)29-13-18-16-9-3-1-7-14(16)15-8-2-4-10-17(15)18/h1-4,7-10,18-19H,5-6,11-13H2,(H,22,26)(H,24,25)/t19-/m0/s1. The molecule has 0 aromatic heterocycles. The molecule has 8 nitrogen and oxygen atoms in total. The number of amides is 1. The highest BCUT2D eigenvalue weighted by molar-refractivity contribution is 5.81. The second-order valence-corrected chi connectivity index (χ2v) is 6.91. The largest absolute Gasteiger partial charge is 0.480 e. The van der Waals surface area contributed by atoms with Crippen molar-refractivity contribution >= 4 is 12.1 Å². The predicted molar refractivity (Wildman–Crippen MR) is 105 cm³/mol. The summed E-state index contributed by atoms with van der Waals surface area (Å²) in [5.41, 5.74) is 4.34. The number of nitrogens with zero attached hydrogens (tertiary/aromatic N) is 1. The number of aliphatic carboxylic acids is 1. The quantitative estimate of drug-likeness (QED) is 0.379. The lowest BCUT2D eigenvalue weighted by molar-refractivity contribution is -0.480. The molecule has 0 aliphatic heterocycles. The second kappa shape index (κ2) is 9.18. The molecule has 0 heterocycles. The summed E-state index contributed by atoms with van der Waals surface area (Å²) >= 11 is 0. The molecule has 0 radical (unpaired) electrons. The number of fused-ring (bicyclic) bond motifs is 3. The highest BCUT2D eigenvalue weighted by atomic mass is 16.6. The maximum atomic E-state index is 12.2. The highest BCUT2D eigenvalue weighted by Gasteiger charge is 2.29.